The molecular formula is C13H17N3O3. The molecule has 2 unspecified atom stereocenters. The molecule has 1 amide bonds. The molecule has 0 aliphatic carbocycles. The van der Waals surface area contributed by atoms with Gasteiger partial charge in [-0.25, -0.2) is 4.98 Å². The van der Waals surface area contributed by atoms with Crippen LogP contribution in [0.2, 0.25) is 0 Å². The summed E-state index contributed by atoms with van der Waals surface area (Å²) in [5.41, 5.74) is 6.33. The zero-order chi connectivity index (χ0) is 14.0. The summed E-state index contributed by atoms with van der Waals surface area (Å²) >= 11 is 0. The molecule has 3 N–H and O–H groups in total. The van der Waals surface area contributed by atoms with Crippen LogP contribution in [0.15, 0.2) is 18.3 Å². The van der Waals surface area contributed by atoms with Crippen LogP contribution in [0.5, 0.6) is 0 Å². The number of carboxylic acid groups (broad SMARTS) is 1. The molecule has 1 saturated heterocycles. The zero-order valence-electron chi connectivity index (χ0n) is 10.7. The number of likely N-dealkylation sites (tertiary alicyclic amines) is 1. The van der Waals surface area contributed by atoms with Crippen LogP contribution in [0.1, 0.15) is 30.3 Å². The maximum atomic E-state index is 12.3. The molecule has 1 aliphatic rings. The monoisotopic (exact) mass is 263 g/mol. The van der Waals surface area contributed by atoms with E-state index in [1.807, 2.05) is 6.92 Å². The molecule has 0 bridgehead atoms. The predicted molar refractivity (Wildman–Crippen MR) is 69.5 cm³/mol. The average molecular weight is 263 g/mol. The highest BCUT2D eigenvalue weighted by Crippen LogP contribution is 2.25. The predicted octanol–water partition coefficient (Wildman–Crippen LogP) is 0.989. The lowest BCUT2D eigenvalue weighted by Gasteiger charge is -2.36. The molecular weight excluding hydrogens is 246 g/mol. The number of carboxylic acids is 1. The number of nitrogens with two attached hydrogens (primary N) is 1. The van der Waals surface area contributed by atoms with Crippen molar-refractivity contribution >= 4 is 17.6 Å². The number of aliphatic carboxylic acids is 1. The second-order valence-electron chi connectivity index (χ2n) is 4.85. The Balaban J connectivity index is 2.13. The van der Waals surface area contributed by atoms with E-state index in [1.54, 1.807) is 17.0 Å². The van der Waals surface area contributed by atoms with E-state index in [2.05, 4.69) is 4.98 Å². The first-order valence-corrected chi connectivity index (χ1v) is 6.25. The Labute approximate surface area is 111 Å². The fourth-order valence-electron chi connectivity index (χ4n) is 2.43. The summed E-state index contributed by atoms with van der Waals surface area (Å²) in [6.07, 6.45) is 2.46. The fourth-order valence-corrected chi connectivity index (χ4v) is 2.43. The maximum Gasteiger partial charge on any atom is 0.306 e. The number of carbonyl (C=O) groups is 2. The van der Waals surface area contributed by atoms with Crippen molar-refractivity contribution in [2.45, 2.75) is 25.8 Å². The first-order chi connectivity index (χ1) is 9.00. The molecule has 0 radical (unpaired) electrons. The maximum absolute atomic E-state index is 12.3. The quantitative estimate of drug-likeness (QED) is 0.829. The van der Waals surface area contributed by atoms with Crippen LogP contribution in [-0.4, -0.2) is 39.5 Å². The molecule has 0 saturated carbocycles. The third-order valence-corrected chi connectivity index (χ3v) is 3.53. The number of piperidine rings is 1. The number of pyridine rings is 1. The smallest absolute Gasteiger partial charge is 0.306 e. The zero-order valence-corrected chi connectivity index (χ0v) is 10.7. The molecule has 0 aromatic carbocycles. The largest absolute Gasteiger partial charge is 0.481 e. The molecule has 2 rings (SSSR count). The van der Waals surface area contributed by atoms with Crippen molar-refractivity contribution < 1.29 is 14.7 Å². The van der Waals surface area contributed by atoms with Gasteiger partial charge in [0.15, 0.2) is 5.69 Å². The molecule has 2 heterocycles. The highest BCUT2D eigenvalue weighted by Gasteiger charge is 2.33. The minimum Gasteiger partial charge on any atom is -0.481 e. The van der Waals surface area contributed by atoms with E-state index in [4.69, 9.17) is 10.8 Å². The number of nitrogen functional groups attached to an aromatic ring is 1. The lowest BCUT2D eigenvalue weighted by atomic mass is 9.91. The van der Waals surface area contributed by atoms with Gasteiger partial charge in [0.1, 0.15) is 0 Å². The molecule has 6 heteroatoms. The summed E-state index contributed by atoms with van der Waals surface area (Å²) in [4.78, 5) is 29.0. The number of hydrogen-bond acceptors (Lipinski definition) is 4. The SMILES string of the molecule is CC1CC(C(=O)O)CCN1C(=O)c1ncccc1N. The van der Waals surface area contributed by atoms with Crippen LogP contribution in [0.3, 0.4) is 0 Å². The molecule has 1 aromatic heterocycles. The highest BCUT2D eigenvalue weighted by molar-refractivity contribution is 5.97. The van der Waals surface area contributed by atoms with Gasteiger partial charge in [0.05, 0.1) is 11.6 Å². The summed E-state index contributed by atoms with van der Waals surface area (Å²) in [5.74, 6) is -1.40. The van der Waals surface area contributed by atoms with E-state index in [0.717, 1.165) is 0 Å². The fraction of sp³-hybridized carbons (Fsp3) is 0.462. The Morgan fingerprint density at radius 2 is 2.26 bits per heavy atom. The van der Waals surface area contributed by atoms with E-state index < -0.39 is 5.97 Å². The number of anilines is 1. The lowest BCUT2D eigenvalue weighted by Crippen LogP contribution is -2.46. The molecule has 102 valence electrons. The third-order valence-electron chi connectivity index (χ3n) is 3.53. The van der Waals surface area contributed by atoms with Crippen molar-refractivity contribution in [3.8, 4) is 0 Å². The van der Waals surface area contributed by atoms with Gasteiger partial charge in [0.25, 0.3) is 5.91 Å². The summed E-state index contributed by atoms with van der Waals surface area (Å²) in [6, 6.07) is 3.19. The van der Waals surface area contributed by atoms with E-state index in [-0.39, 0.29) is 23.6 Å². The van der Waals surface area contributed by atoms with Crippen molar-refractivity contribution in [1.82, 2.24) is 9.88 Å². The number of rotatable bonds is 2. The van der Waals surface area contributed by atoms with Gasteiger partial charge in [-0.3, -0.25) is 9.59 Å². The van der Waals surface area contributed by atoms with Crippen LogP contribution < -0.4 is 5.73 Å². The average Bonchev–Trinajstić information content (AvgIpc) is 2.38. The van der Waals surface area contributed by atoms with Crippen molar-refractivity contribution in [3.05, 3.63) is 24.0 Å². The van der Waals surface area contributed by atoms with Gasteiger partial charge in [-0.1, -0.05) is 0 Å². The molecule has 19 heavy (non-hydrogen) atoms. The van der Waals surface area contributed by atoms with E-state index in [0.29, 0.717) is 25.1 Å². The van der Waals surface area contributed by atoms with Gasteiger partial charge in [-0.2, -0.15) is 0 Å². The summed E-state index contributed by atoms with van der Waals surface area (Å²) in [7, 11) is 0. The Bertz CT molecular complexity index is 504. The summed E-state index contributed by atoms with van der Waals surface area (Å²) < 4.78 is 0. The standard InChI is InChI=1S/C13H17N3O3/c1-8-7-9(13(18)19)4-6-16(8)12(17)11-10(14)3-2-5-15-11/h2-3,5,8-9H,4,6-7,14H2,1H3,(H,18,19). The van der Waals surface area contributed by atoms with Crippen LogP contribution in [-0.2, 0) is 4.79 Å². The lowest BCUT2D eigenvalue weighted by molar-refractivity contribution is -0.143. The molecule has 6 nitrogen and oxygen atoms in total. The van der Waals surface area contributed by atoms with Crippen molar-refractivity contribution in [2.24, 2.45) is 5.92 Å². The van der Waals surface area contributed by atoms with Gasteiger partial charge >= 0.3 is 5.97 Å². The second kappa shape index (κ2) is 5.26. The van der Waals surface area contributed by atoms with Gasteiger partial charge in [0.2, 0.25) is 0 Å². The molecule has 1 fully saturated rings. The molecule has 2 atom stereocenters. The van der Waals surface area contributed by atoms with Crippen LogP contribution in [0.4, 0.5) is 5.69 Å². The highest BCUT2D eigenvalue weighted by atomic mass is 16.4. The Kier molecular flexibility index (Phi) is 3.69. The number of aromatic nitrogens is 1. The minimum absolute atomic E-state index is 0.122. The van der Waals surface area contributed by atoms with Crippen LogP contribution in [0.25, 0.3) is 0 Å². The van der Waals surface area contributed by atoms with Crippen LogP contribution >= 0.6 is 0 Å². The first kappa shape index (κ1) is 13.3. The van der Waals surface area contributed by atoms with Crippen LogP contribution in [0, 0.1) is 5.92 Å². The van der Waals surface area contributed by atoms with Crippen molar-refractivity contribution in [2.75, 3.05) is 12.3 Å². The van der Waals surface area contributed by atoms with Gasteiger partial charge in [0, 0.05) is 18.8 Å². The topological polar surface area (TPSA) is 96.5 Å². The Morgan fingerprint density at radius 3 is 2.84 bits per heavy atom. The van der Waals surface area contributed by atoms with E-state index in [1.165, 1.54) is 6.20 Å². The normalized spacial score (nSPS) is 23.1. The van der Waals surface area contributed by atoms with Gasteiger partial charge in [-0.05, 0) is 31.9 Å². The van der Waals surface area contributed by atoms with Gasteiger partial charge in [-0.15, -0.1) is 0 Å². The second-order valence-corrected chi connectivity index (χ2v) is 4.85. The third kappa shape index (κ3) is 2.67. The van der Waals surface area contributed by atoms with Gasteiger partial charge < -0.3 is 15.7 Å². The summed E-state index contributed by atoms with van der Waals surface area (Å²) in [6.45, 7) is 2.28. The number of hydrogen-bond donors (Lipinski definition) is 2. The first-order valence-electron chi connectivity index (χ1n) is 6.25. The number of carbonyl (C=O) groups excluding carboxylic acids is 1. The van der Waals surface area contributed by atoms with E-state index >= 15 is 0 Å². The Morgan fingerprint density at radius 1 is 1.53 bits per heavy atom. The van der Waals surface area contributed by atoms with E-state index in [9.17, 15) is 9.59 Å². The molecule has 0 spiro atoms. The summed E-state index contributed by atoms with van der Waals surface area (Å²) in [5, 5.41) is 9.01. The number of amides is 1. The number of nitrogens with zero attached hydrogens (tertiary/aromatic N) is 2. The molecule has 1 aliphatic heterocycles. The Hall–Kier alpha value is -2.11. The minimum atomic E-state index is -0.795. The molecule has 1 aromatic rings. The van der Waals surface area contributed by atoms with Crippen molar-refractivity contribution in [1.29, 1.82) is 0 Å². The van der Waals surface area contributed by atoms with Crippen molar-refractivity contribution in [3.63, 3.8) is 0 Å².